The number of aromatic nitrogens is 1. The van der Waals surface area contributed by atoms with E-state index in [9.17, 15) is 5.11 Å². The molecule has 3 nitrogen and oxygen atoms in total. The summed E-state index contributed by atoms with van der Waals surface area (Å²) in [5.41, 5.74) is 2.29. The Balaban J connectivity index is 1.37. The molecule has 5 rings (SSSR count). The van der Waals surface area contributed by atoms with Crippen LogP contribution in [0, 0.1) is 34.5 Å². The molecule has 0 aromatic carbocycles. The second kappa shape index (κ2) is 7.11. The van der Waals surface area contributed by atoms with Crippen LogP contribution in [0.3, 0.4) is 0 Å². The SMILES string of the molecule is CC(Oc1cccnc1)[C@H]1CC[C@H]2[C@@H]3CC=C4C[C@@H](O)CC[C@]4(C)[C@H]3CC[C@]12C. The Bertz CT molecular complexity index is 776. The van der Waals surface area contributed by atoms with Crippen molar-refractivity contribution in [2.45, 2.75) is 84.3 Å². The summed E-state index contributed by atoms with van der Waals surface area (Å²) < 4.78 is 6.36. The molecule has 3 saturated carbocycles. The van der Waals surface area contributed by atoms with Gasteiger partial charge >= 0.3 is 0 Å². The van der Waals surface area contributed by atoms with Gasteiger partial charge in [0.2, 0.25) is 0 Å². The summed E-state index contributed by atoms with van der Waals surface area (Å²) in [6, 6.07) is 3.99. The van der Waals surface area contributed by atoms with Gasteiger partial charge < -0.3 is 9.84 Å². The van der Waals surface area contributed by atoms with E-state index in [1.165, 1.54) is 38.5 Å². The number of rotatable bonds is 3. The van der Waals surface area contributed by atoms with Gasteiger partial charge in [-0.1, -0.05) is 25.5 Å². The molecule has 29 heavy (non-hydrogen) atoms. The van der Waals surface area contributed by atoms with E-state index in [2.05, 4.69) is 31.8 Å². The minimum Gasteiger partial charge on any atom is -0.489 e. The van der Waals surface area contributed by atoms with Crippen LogP contribution in [0.5, 0.6) is 5.75 Å². The number of hydrogen-bond acceptors (Lipinski definition) is 3. The van der Waals surface area contributed by atoms with E-state index in [1.54, 1.807) is 11.8 Å². The number of pyridine rings is 1. The molecule has 0 amide bonds. The second-order valence-corrected chi connectivity index (χ2v) is 10.9. The van der Waals surface area contributed by atoms with Crippen LogP contribution in [-0.4, -0.2) is 22.3 Å². The fourth-order valence-corrected chi connectivity index (χ4v) is 8.17. The number of fused-ring (bicyclic) bond motifs is 5. The van der Waals surface area contributed by atoms with Crippen molar-refractivity contribution in [3.63, 3.8) is 0 Å². The minimum atomic E-state index is -0.110. The molecule has 1 unspecified atom stereocenters. The Hall–Kier alpha value is -1.35. The smallest absolute Gasteiger partial charge is 0.137 e. The Morgan fingerprint density at radius 3 is 2.79 bits per heavy atom. The molecular formula is C26H37NO2. The average molecular weight is 396 g/mol. The van der Waals surface area contributed by atoms with Crippen LogP contribution >= 0.6 is 0 Å². The summed E-state index contributed by atoms with van der Waals surface area (Å²) >= 11 is 0. The highest BCUT2D eigenvalue weighted by Crippen LogP contribution is 2.66. The molecule has 0 radical (unpaired) electrons. The summed E-state index contributed by atoms with van der Waals surface area (Å²) in [4.78, 5) is 4.22. The highest BCUT2D eigenvalue weighted by Gasteiger charge is 2.59. The standard InChI is InChI=1S/C26H37NO2/c1-17(29-20-5-4-14-27-16-20)22-8-9-23-21-7-6-18-15-19(28)10-12-25(18,2)24(21)11-13-26(22,23)3/h4-6,14,16-17,19,21-24,28H,7-13,15H2,1-3H3/t17?,19-,21-,22+,23-,24-,25-,26+/m0/s1. The lowest BCUT2D eigenvalue weighted by Crippen LogP contribution is -2.51. The topological polar surface area (TPSA) is 42.4 Å². The Kier molecular flexibility index (Phi) is 4.81. The number of aliphatic hydroxyl groups excluding tert-OH is 1. The van der Waals surface area contributed by atoms with Crippen LogP contribution in [0.1, 0.15) is 72.1 Å². The van der Waals surface area contributed by atoms with Gasteiger partial charge in [0.1, 0.15) is 5.75 Å². The third-order valence-corrected chi connectivity index (χ3v) is 9.67. The van der Waals surface area contributed by atoms with E-state index in [0.717, 1.165) is 36.3 Å². The van der Waals surface area contributed by atoms with Gasteiger partial charge in [-0.3, -0.25) is 4.98 Å². The van der Waals surface area contributed by atoms with Crippen molar-refractivity contribution in [1.82, 2.24) is 4.98 Å². The summed E-state index contributed by atoms with van der Waals surface area (Å²) in [5.74, 6) is 3.96. The largest absolute Gasteiger partial charge is 0.489 e. The fraction of sp³-hybridized carbons (Fsp3) is 0.731. The molecule has 3 fully saturated rings. The predicted octanol–water partition coefficient (Wildman–Crippen LogP) is 5.79. The molecule has 158 valence electrons. The van der Waals surface area contributed by atoms with E-state index >= 15 is 0 Å². The highest BCUT2D eigenvalue weighted by molar-refractivity contribution is 5.25. The molecule has 0 spiro atoms. The van der Waals surface area contributed by atoms with Crippen LogP contribution in [0.4, 0.5) is 0 Å². The predicted molar refractivity (Wildman–Crippen MR) is 116 cm³/mol. The van der Waals surface area contributed by atoms with Gasteiger partial charge in [-0.2, -0.15) is 0 Å². The maximum absolute atomic E-state index is 10.2. The second-order valence-electron chi connectivity index (χ2n) is 10.9. The van der Waals surface area contributed by atoms with E-state index in [4.69, 9.17) is 4.74 Å². The van der Waals surface area contributed by atoms with Crippen molar-refractivity contribution in [1.29, 1.82) is 0 Å². The van der Waals surface area contributed by atoms with Gasteiger partial charge in [-0.05, 0) is 99.0 Å². The summed E-state index contributed by atoms with van der Waals surface area (Å²) in [6.07, 6.45) is 15.9. The summed E-state index contributed by atoms with van der Waals surface area (Å²) in [5, 5.41) is 10.2. The van der Waals surface area contributed by atoms with Gasteiger partial charge in [-0.15, -0.1) is 0 Å². The van der Waals surface area contributed by atoms with Gasteiger partial charge in [0.15, 0.2) is 0 Å². The highest BCUT2D eigenvalue weighted by atomic mass is 16.5. The van der Waals surface area contributed by atoms with Crippen molar-refractivity contribution in [3.8, 4) is 5.75 Å². The minimum absolute atomic E-state index is 0.110. The summed E-state index contributed by atoms with van der Waals surface area (Å²) in [7, 11) is 0. The molecule has 1 aromatic heterocycles. The molecule has 1 N–H and O–H groups in total. The number of ether oxygens (including phenoxy) is 1. The Morgan fingerprint density at radius 2 is 2.00 bits per heavy atom. The first kappa shape index (κ1) is 19.6. The third-order valence-electron chi connectivity index (χ3n) is 9.67. The molecule has 3 heteroatoms. The molecule has 1 aromatic rings. The van der Waals surface area contributed by atoms with E-state index in [1.807, 2.05) is 18.3 Å². The van der Waals surface area contributed by atoms with Crippen LogP contribution in [0.2, 0.25) is 0 Å². The zero-order valence-corrected chi connectivity index (χ0v) is 18.3. The summed E-state index contributed by atoms with van der Waals surface area (Å²) in [6.45, 7) is 7.37. The van der Waals surface area contributed by atoms with Crippen molar-refractivity contribution in [2.24, 2.45) is 34.5 Å². The monoisotopic (exact) mass is 395 g/mol. The van der Waals surface area contributed by atoms with Gasteiger partial charge in [0, 0.05) is 12.1 Å². The van der Waals surface area contributed by atoms with Crippen LogP contribution in [0.25, 0.3) is 0 Å². The normalized spacial score (nSPS) is 44.8. The zero-order valence-electron chi connectivity index (χ0n) is 18.3. The van der Waals surface area contributed by atoms with Gasteiger partial charge in [-0.25, -0.2) is 0 Å². The number of allylic oxidation sites excluding steroid dienone is 1. The lowest BCUT2D eigenvalue weighted by atomic mass is 9.47. The molecule has 0 bridgehead atoms. The molecular weight excluding hydrogens is 358 g/mol. The maximum atomic E-state index is 10.2. The average Bonchev–Trinajstić information content (AvgIpc) is 3.06. The Morgan fingerprint density at radius 1 is 1.14 bits per heavy atom. The first-order chi connectivity index (χ1) is 13.9. The Labute approximate surface area is 176 Å². The first-order valence-corrected chi connectivity index (χ1v) is 11.9. The lowest BCUT2D eigenvalue weighted by Gasteiger charge is -2.58. The van der Waals surface area contributed by atoms with E-state index in [-0.39, 0.29) is 12.2 Å². The van der Waals surface area contributed by atoms with Crippen LogP contribution in [-0.2, 0) is 0 Å². The van der Waals surface area contributed by atoms with Crippen molar-refractivity contribution in [3.05, 3.63) is 36.2 Å². The van der Waals surface area contributed by atoms with Crippen molar-refractivity contribution < 1.29 is 9.84 Å². The van der Waals surface area contributed by atoms with Crippen LogP contribution in [0.15, 0.2) is 36.2 Å². The third kappa shape index (κ3) is 3.07. The molecule has 4 aliphatic rings. The van der Waals surface area contributed by atoms with Crippen LogP contribution < -0.4 is 4.74 Å². The molecule has 0 aliphatic heterocycles. The molecule has 4 aliphatic carbocycles. The number of aliphatic hydroxyl groups is 1. The number of hydrogen-bond donors (Lipinski definition) is 1. The number of nitrogens with zero attached hydrogens (tertiary/aromatic N) is 1. The molecule has 8 atom stereocenters. The van der Waals surface area contributed by atoms with Gasteiger partial charge in [0.05, 0.1) is 18.4 Å². The quantitative estimate of drug-likeness (QED) is 0.659. The van der Waals surface area contributed by atoms with Crippen molar-refractivity contribution in [2.75, 3.05) is 0 Å². The zero-order chi connectivity index (χ0) is 20.2. The van der Waals surface area contributed by atoms with Gasteiger partial charge in [0.25, 0.3) is 0 Å². The molecule has 0 saturated heterocycles. The van der Waals surface area contributed by atoms with E-state index < -0.39 is 0 Å². The first-order valence-electron chi connectivity index (χ1n) is 11.9. The fourth-order valence-electron chi connectivity index (χ4n) is 8.17. The van der Waals surface area contributed by atoms with E-state index in [0.29, 0.717) is 16.7 Å². The molecule has 1 heterocycles. The maximum Gasteiger partial charge on any atom is 0.137 e. The lowest BCUT2D eigenvalue weighted by molar-refractivity contribution is -0.0643. The van der Waals surface area contributed by atoms with Crippen molar-refractivity contribution >= 4 is 0 Å².